The third-order valence-electron chi connectivity index (χ3n) is 3.03. The number of nitrogens with zero attached hydrogens (tertiary/aromatic N) is 3. The van der Waals surface area contributed by atoms with Crippen molar-refractivity contribution in [2.24, 2.45) is 5.92 Å². The van der Waals surface area contributed by atoms with Gasteiger partial charge in [-0.2, -0.15) is 4.98 Å². The molecule has 1 aliphatic heterocycles. The predicted molar refractivity (Wildman–Crippen MR) is 64.4 cm³/mol. The molecule has 0 spiro atoms. The van der Waals surface area contributed by atoms with E-state index < -0.39 is 0 Å². The summed E-state index contributed by atoms with van der Waals surface area (Å²) in [6, 6.07) is 0. The van der Waals surface area contributed by atoms with Gasteiger partial charge in [0.05, 0.1) is 0 Å². The van der Waals surface area contributed by atoms with Crippen LogP contribution in [0.3, 0.4) is 0 Å². The number of carbonyl (C=O) groups is 1. The minimum Gasteiger partial charge on any atom is -0.368 e. The molecule has 1 saturated heterocycles. The number of amides is 1. The number of rotatable bonds is 3. The predicted octanol–water partition coefficient (Wildman–Crippen LogP) is -0.261. The van der Waals surface area contributed by atoms with Crippen LogP contribution < -0.4 is 16.0 Å². The van der Waals surface area contributed by atoms with Gasteiger partial charge in [0, 0.05) is 26.6 Å². The minimum atomic E-state index is 0.0363. The van der Waals surface area contributed by atoms with Crippen molar-refractivity contribution in [1.29, 1.82) is 0 Å². The molecule has 7 nitrogen and oxygen atoms in total. The third-order valence-corrected chi connectivity index (χ3v) is 3.03. The molecule has 2 rings (SSSR count). The second-order valence-corrected chi connectivity index (χ2v) is 4.39. The van der Waals surface area contributed by atoms with Crippen LogP contribution in [-0.4, -0.2) is 40.7 Å². The molecule has 0 atom stereocenters. The van der Waals surface area contributed by atoms with Gasteiger partial charge >= 0.3 is 0 Å². The lowest BCUT2D eigenvalue weighted by molar-refractivity contribution is -0.119. The van der Waals surface area contributed by atoms with Crippen LogP contribution in [0, 0.1) is 5.92 Å². The Balaban J connectivity index is 1.80. The first-order valence-electron chi connectivity index (χ1n) is 5.82. The molecule has 1 aromatic heterocycles. The number of nitrogens with two attached hydrogens (primary N) is 1. The SMILES string of the molecule is CC(=O)NCC1CCN(c2n[nH]c(N)n2)CC1. The average molecular weight is 238 g/mol. The summed E-state index contributed by atoms with van der Waals surface area (Å²) in [6.45, 7) is 4.12. The molecule has 17 heavy (non-hydrogen) atoms. The minimum absolute atomic E-state index is 0.0363. The topological polar surface area (TPSA) is 99.9 Å². The van der Waals surface area contributed by atoms with Crippen molar-refractivity contribution in [1.82, 2.24) is 20.5 Å². The number of hydrogen-bond donors (Lipinski definition) is 3. The quantitative estimate of drug-likeness (QED) is 0.673. The lowest BCUT2D eigenvalue weighted by atomic mass is 9.97. The maximum absolute atomic E-state index is 10.8. The highest BCUT2D eigenvalue weighted by atomic mass is 16.1. The number of piperidine rings is 1. The average Bonchev–Trinajstić information content (AvgIpc) is 2.74. The van der Waals surface area contributed by atoms with Gasteiger partial charge in [-0.05, 0) is 18.8 Å². The van der Waals surface area contributed by atoms with Gasteiger partial charge in [0.25, 0.3) is 0 Å². The van der Waals surface area contributed by atoms with E-state index in [-0.39, 0.29) is 5.91 Å². The monoisotopic (exact) mass is 238 g/mol. The zero-order valence-electron chi connectivity index (χ0n) is 9.94. The van der Waals surface area contributed by atoms with Crippen LogP contribution in [0.5, 0.6) is 0 Å². The van der Waals surface area contributed by atoms with Gasteiger partial charge in [-0.15, -0.1) is 5.10 Å². The molecule has 4 N–H and O–H groups in total. The summed E-state index contributed by atoms with van der Waals surface area (Å²) in [6.07, 6.45) is 2.07. The Kier molecular flexibility index (Phi) is 3.46. The third kappa shape index (κ3) is 3.08. The van der Waals surface area contributed by atoms with Crippen LogP contribution in [0.25, 0.3) is 0 Å². The number of hydrogen-bond acceptors (Lipinski definition) is 5. The van der Waals surface area contributed by atoms with Crippen molar-refractivity contribution >= 4 is 17.8 Å². The van der Waals surface area contributed by atoms with Gasteiger partial charge in [0.1, 0.15) is 0 Å². The Morgan fingerprint density at radius 1 is 1.59 bits per heavy atom. The van der Waals surface area contributed by atoms with Crippen LogP contribution in [0.1, 0.15) is 19.8 Å². The fourth-order valence-corrected chi connectivity index (χ4v) is 2.03. The van der Waals surface area contributed by atoms with Crippen LogP contribution in [0.2, 0.25) is 0 Å². The smallest absolute Gasteiger partial charge is 0.246 e. The Morgan fingerprint density at radius 2 is 2.29 bits per heavy atom. The summed E-state index contributed by atoms with van der Waals surface area (Å²) in [5.74, 6) is 1.60. The lowest BCUT2D eigenvalue weighted by Crippen LogP contribution is -2.38. The van der Waals surface area contributed by atoms with Gasteiger partial charge in [-0.1, -0.05) is 0 Å². The number of anilines is 2. The first-order chi connectivity index (χ1) is 8.15. The number of carbonyl (C=O) groups excluding carboxylic acids is 1. The van der Waals surface area contributed by atoms with Crippen LogP contribution in [-0.2, 0) is 4.79 Å². The highest BCUT2D eigenvalue weighted by molar-refractivity contribution is 5.72. The summed E-state index contributed by atoms with van der Waals surface area (Å²) in [5, 5.41) is 9.53. The molecule has 0 bridgehead atoms. The summed E-state index contributed by atoms with van der Waals surface area (Å²) in [4.78, 5) is 17.0. The zero-order valence-corrected chi connectivity index (χ0v) is 9.94. The maximum atomic E-state index is 10.8. The van der Waals surface area contributed by atoms with Gasteiger partial charge in [0.2, 0.25) is 17.8 Å². The van der Waals surface area contributed by atoms with Crippen molar-refractivity contribution in [2.75, 3.05) is 30.3 Å². The summed E-state index contributed by atoms with van der Waals surface area (Å²) in [7, 11) is 0. The first-order valence-corrected chi connectivity index (χ1v) is 5.82. The molecule has 0 aliphatic carbocycles. The molecular weight excluding hydrogens is 220 g/mol. The van der Waals surface area contributed by atoms with Crippen LogP contribution in [0.4, 0.5) is 11.9 Å². The molecule has 0 unspecified atom stereocenters. The van der Waals surface area contributed by atoms with Gasteiger partial charge in [-0.25, -0.2) is 5.10 Å². The van der Waals surface area contributed by atoms with Crippen molar-refractivity contribution in [3.05, 3.63) is 0 Å². The molecule has 2 heterocycles. The fourth-order valence-electron chi connectivity index (χ4n) is 2.03. The van der Waals surface area contributed by atoms with E-state index in [0.717, 1.165) is 32.5 Å². The molecule has 1 amide bonds. The molecular formula is C10H18N6O. The largest absolute Gasteiger partial charge is 0.368 e. The maximum Gasteiger partial charge on any atom is 0.246 e. The lowest BCUT2D eigenvalue weighted by Gasteiger charge is -2.31. The Hall–Kier alpha value is -1.79. The molecule has 1 aromatic rings. The van der Waals surface area contributed by atoms with Gasteiger partial charge < -0.3 is 16.0 Å². The normalized spacial score (nSPS) is 17.1. The van der Waals surface area contributed by atoms with Crippen molar-refractivity contribution in [2.45, 2.75) is 19.8 Å². The van der Waals surface area contributed by atoms with Crippen molar-refractivity contribution in [3.8, 4) is 0 Å². The van der Waals surface area contributed by atoms with E-state index in [9.17, 15) is 4.79 Å². The van der Waals surface area contributed by atoms with Crippen LogP contribution in [0.15, 0.2) is 0 Å². The molecule has 0 aromatic carbocycles. The van der Waals surface area contributed by atoms with Crippen LogP contribution >= 0.6 is 0 Å². The standard InChI is InChI=1S/C10H18N6O/c1-7(17)12-6-8-2-4-16(5-3-8)10-13-9(11)14-15-10/h8H,2-6H2,1H3,(H,12,17)(H3,11,13,14,15). The fraction of sp³-hybridized carbons (Fsp3) is 0.700. The Labute approximate surface area is 99.8 Å². The van der Waals surface area contributed by atoms with Crippen molar-refractivity contribution in [3.63, 3.8) is 0 Å². The highest BCUT2D eigenvalue weighted by Crippen LogP contribution is 2.20. The Morgan fingerprint density at radius 3 is 2.82 bits per heavy atom. The van der Waals surface area contributed by atoms with E-state index in [1.165, 1.54) is 0 Å². The molecule has 7 heteroatoms. The number of aromatic nitrogens is 3. The van der Waals surface area contributed by atoms with Gasteiger partial charge in [-0.3, -0.25) is 4.79 Å². The van der Waals surface area contributed by atoms with E-state index >= 15 is 0 Å². The number of nitrogen functional groups attached to an aromatic ring is 1. The number of nitrogens with one attached hydrogen (secondary N) is 2. The molecule has 0 saturated carbocycles. The molecule has 1 aliphatic rings. The number of aromatic amines is 1. The second-order valence-electron chi connectivity index (χ2n) is 4.39. The van der Waals surface area contributed by atoms with E-state index in [1.807, 2.05) is 0 Å². The zero-order chi connectivity index (χ0) is 12.3. The number of H-pyrrole nitrogens is 1. The molecule has 1 fully saturated rings. The van der Waals surface area contributed by atoms with Gasteiger partial charge in [0.15, 0.2) is 0 Å². The highest BCUT2D eigenvalue weighted by Gasteiger charge is 2.21. The van der Waals surface area contributed by atoms with E-state index in [4.69, 9.17) is 5.73 Å². The molecule has 0 radical (unpaired) electrons. The first kappa shape index (κ1) is 11.7. The molecule has 94 valence electrons. The second kappa shape index (κ2) is 5.03. The van der Waals surface area contributed by atoms with Crippen molar-refractivity contribution < 1.29 is 4.79 Å². The summed E-state index contributed by atoms with van der Waals surface area (Å²) in [5.41, 5.74) is 5.49. The Bertz CT molecular complexity index is 382. The summed E-state index contributed by atoms with van der Waals surface area (Å²) < 4.78 is 0. The van der Waals surface area contributed by atoms with E-state index in [0.29, 0.717) is 17.8 Å². The summed E-state index contributed by atoms with van der Waals surface area (Å²) >= 11 is 0. The van der Waals surface area contributed by atoms with E-state index in [2.05, 4.69) is 25.4 Å². The van der Waals surface area contributed by atoms with E-state index in [1.54, 1.807) is 6.92 Å².